The fourth-order valence-electron chi connectivity index (χ4n) is 4.44. The van der Waals surface area contributed by atoms with Crippen molar-refractivity contribution in [3.05, 3.63) is 71.8 Å². The zero-order valence-electron chi connectivity index (χ0n) is 17.8. The van der Waals surface area contributed by atoms with E-state index in [1.165, 1.54) is 24.0 Å². The third-order valence-electron chi connectivity index (χ3n) is 5.90. The minimum atomic E-state index is -0.514. The highest BCUT2D eigenvalue weighted by Gasteiger charge is 2.40. The van der Waals surface area contributed by atoms with E-state index in [0.717, 1.165) is 23.0 Å². The van der Waals surface area contributed by atoms with Gasteiger partial charge >= 0.3 is 0 Å². The van der Waals surface area contributed by atoms with Crippen molar-refractivity contribution in [1.82, 2.24) is 0 Å². The van der Waals surface area contributed by atoms with Crippen LogP contribution in [0, 0.1) is 0 Å². The first-order valence-corrected chi connectivity index (χ1v) is 15.1. The lowest BCUT2D eigenvalue weighted by Crippen LogP contribution is -2.33. The first-order chi connectivity index (χ1) is 15.1. The van der Waals surface area contributed by atoms with Crippen LogP contribution in [0.15, 0.2) is 60.7 Å². The maximum atomic E-state index is 11.1. The van der Waals surface area contributed by atoms with Gasteiger partial charge in [0.05, 0.1) is 20.4 Å². The third kappa shape index (κ3) is 6.01. The quantitative estimate of drug-likeness (QED) is 0.449. The van der Waals surface area contributed by atoms with Crippen molar-refractivity contribution in [1.29, 1.82) is 0 Å². The van der Waals surface area contributed by atoms with Gasteiger partial charge in [0.25, 0.3) is 0 Å². The number of aliphatic hydroxyl groups excluding tert-OH is 2. The average molecular weight is 493 g/mol. The average Bonchev–Trinajstić information content (AvgIpc) is 2.81. The molecular formula is C25H32O2S4. The molecule has 2 heterocycles. The Morgan fingerprint density at radius 1 is 0.613 bits per heavy atom. The molecule has 2 N–H and O–H groups in total. The SMILES string of the molecule is O[C@H](C[C@H](O)CC1(c2ccccc2)SCCCS1)CC1(c2ccccc2)SCCCS1. The van der Waals surface area contributed by atoms with Gasteiger partial charge in [-0.2, -0.15) is 0 Å². The van der Waals surface area contributed by atoms with Crippen molar-refractivity contribution in [2.75, 3.05) is 23.0 Å². The summed E-state index contributed by atoms with van der Waals surface area (Å²) >= 11 is 7.86. The molecule has 4 rings (SSSR count). The number of hydrogen-bond acceptors (Lipinski definition) is 6. The van der Waals surface area contributed by atoms with Crippen molar-refractivity contribution >= 4 is 47.0 Å². The van der Waals surface area contributed by atoms with Crippen LogP contribution in [0.4, 0.5) is 0 Å². The topological polar surface area (TPSA) is 40.5 Å². The maximum Gasteiger partial charge on any atom is 0.0884 e. The Morgan fingerprint density at radius 2 is 0.968 bits per heavy atom. The van der Waals surface area contributed by atoms with Gasteiger partial charge in [-0.3, -0.25) is 0 Å². The van der Waals surface area contributed by atoms with E-state index in [9.17, 15) is 10.2 Å². The lowest BCUT2D eigenvalue weighted by molar-refractivity contribution is 0.0675. The van der Waals surface area contributed by atoms with Crippen LogP contribution in [0.25, 0.3) is 0 Å². The normalized spacial score (nSPS) is 22.5. The molecule has 0 spiro atoms. The molecule has 0 aromatic heterocycles. The van der Waals surface area contributed by atoms with Crippen LogP contribution in [0.3, 0.4) is 0 Å². The summed E-state index contributed by atoms with van der Waals surface area (Å²) in [5.41, 5.74) is 2.58. The Labute approximate surface area is 203 Å². The molecule has 0 aliphatic carbocycles. The van der Waals surface area contributed by atoms with Crippen molar-refractivity contribution in [2.24, 2.45) is 0 Å². The van der Waals surface area contributed by atoms with Crippen molar-refractivity contribution in [3.8, 4) is 0 Å². The molecule has 2 aromatic rings. The molecule has 31 heavy (non-hydrogen) atoms. The van der Waals surface area contributed by atoms with E-state index in [-0.39, 0.29) is 8.16 Å². The summed E-state index contributed by atoms with van der Waals surface area (Å²) in [6.45, 7) is 0. The predicted molar refractivity (Wildman–Crippen MR) is 141 cm³/mol. The standard InChI is InChI=1S/C25H32O2S4/c26-22(18-24(28-13-7-14-29-24)20-9-3-1-4-10-20)17-23(27)19-25(30-15-8-16-31-25)21-11-5-2-6-12-21/h1-6,9-12,22-23,26-27H,7-8,13-19H2/t22-,23+. The Balaban J connectivity index is 1.44. The van der Waals surface area contributed by atoms with Gasteiger partial charge in [-0.05, 0) is 53.4 Å². The van der Waals surface area contributed by atoms with E-state index >= 15 is 0 Å². The lowest BCUT2D eigenvalue weighted by Gasteiger charge is -2.40. The summed E-state index contributed by atoms with van der Waals surface area (Å²) in [6.07, 6.45) is 3.21. The van der Waals surface area contributed by atoms with E-state index in [0.29, 0.717) is 19.3 Å². The van der Waals surface area contributed by atoms with Gasteiger partial charge < -0.3 is 10.2 Å². The molecule has 0 bridgehead atoms. The first kappa shape index (κ1) is 23.9. The van der Waals surface area contributed by atoms with Crippen molar-refractivity contribution in [3.63, 3.8) is 0 Å². The number of hydrogen-bond donors (Lipinski definition) is 2. The number of thioether (sulfide) groups is 4. The molecule has 2 nitrogen and oxygen atoms in total. The second-order valence-corrected chi connectivity index (χ2v) is 14.4. The molecule has 0 unspecified atom stereocenters. The minimum Gasteiger partial charge on any atom is -0.393 e. The van der Waals surface area contributed by atoms with Crippen molar-refractivity contribution < 1.29 is 10.2 Å². The van der Waals surface area contributed by atoms with Crippen LogP contribution >= 0.6 is 47.0 Å². The van der Waals surface area contributed by atoms with Crippen LogP contribution in [-0.4, -0.2) is 45.4 Å². The molecule has 0 radical (unpaired) electrons. The summed E-state index contributed by atoms with van der Waals surface area (Å²) in [4.78, 5) is 0. The smallest absolute Gasteiger partial charge is 0.0884 e. The maximum absolute atomic E-state index is 11.1. The molecule has 2 aliphatic rings. The summed E-state index contributed by atoms with van der Waals surface area (Å²) in [5, 5.41) is 22.2. The fourth-order valence-corrected chi connectivity index (χ4v) is 11.4. The Morgan fingerprint density at radius 3 is 1.32 bits per heavy atom. The minimum absolute atomic E-state index is 0.107. The molecule has 0 amide bonds. The van der Waals surface area contributed by atoms with E-state index in [4.69, 9.17) is 0 Å². The van der Waals surface area contributed by atoms with E-state index in [1.807, 2.05) is 47.0 Å². The third-order valence-corrected chi connectivity index (χ3v) is 12.8. The zero-order chi connectivity index (χ0) is 21.6. The molecule has 2 aliphatic heterocycles. The molecule has 2 aromatic carbocycles. The van der Waals surface area contributed by atoms with Crippen LogP contribution in [0.5, 0.6) is 0 Å². The van der Waals surface area contributed by atoms with E-state index in [1.54, 1.807) is 0 Å². The highest BCUT2D eigenvalue weighted by atomic mass is 32.2. The molecule has 168 valence electrons. The Kier molecular flexibility index (Phi) is 8.68. The van der Waals surface area contributed by atoms with Crippen LogP contribution in [-0.2, 0) is 8.16 Å². The second-order valence-electron chi connectivity index (χ2n) is 8.29. The lowest BCUT2D eigenvalue weighted by atomic mass is 9.97. The van der Waals surface area contributed by atoms with Gasteiger partial charge in [0.15, 0.2) is 0 Å². The molecule has 2 saturated heterocycles. The van der Waals surface area contributed by atoms with Gasteiger partial charge in [0, 0.05) is 12.8 Å². The van der Waals surface area contributed by atoms with Gasteiger partial charge in [0.1, 0.15) is 0 Å². The molecule has 6 heteroatoms. The highest BCUT2D eigenvalue weighted by molar-refractivity contribution is 8.18. The van der Waals surface area contributed by atoms with E-state index in [2.05, 4.69) is 60.7 Å². The highest BCUT2D eigenvalue weighted by Crippen LogP contribution is 2.55. The summed E-state index contributed by atoms with van der Waals surface area (Å²) < 4.78 is -0.214. The van der Waals surface area contributed by atoms with Crippen LogP contribution in [0.2, 0.25) is 0 Å². The number of rotatable bonds is 8. The zero-order valence-corrected chi connectivity index (χ0v) is 21.1. The largest absolute Gasteiger partial charge is 0.393 e. The van der Waals surface area contributed by atoms with Gasteiger partial charge in [-0.15, -0.1) is 47.0 Å². The fraction of sp³-hybridized carbons (Fsp3) is 0.520. The van der Waals surface area contributed by atoms with Crippen LogP contribution in [0.1, 0.15) is 43.2 Å². The van der Waals surface area contributed by atoms with Gasteiger partial charge in [0.2, 0.25) is 0 Å². The Hall–Kier alpha value is -0.240. The molecular weight excluding hydrogens is 461 g/mol. The number of aliphatic hydroxyl groups is 2. The molecule has 2 fully saturated rings. The predicted octanol–water partition coefficient (Wildman–Crippen LogP) is 6.32. The molecule has 0 saturated carbocycles. The van der Waals surface area contributed by atoms with Crippen molar-refractivity contribution in [2.45, 2.75) is 52.5 Å². The van der Waals surface area contributed by atoms with Gasteiger partial charge in [-0.25, -0.2) is 0 Å². The van der Waals surface area contributed by atoms with E-state index < -0.39 is 12.2 Å². The van der Waals surface area contributed by atoms with Gasteiger partial charge in [-0.1, -0.05) is 60.7 Å². The Bertz CT molecular complexity index is 722. The second kappa shape index (κ2) is 11.3. The monoisotopic (exact) mass is 492 g/mol. The summed E-state index contributed by atoms with van der Waals surface area (Å²) in [7, 11) is 0. The number of benzene rings is 2. The summed E-state index contributed by atoms with van der Waals surface area (Å²) in [6, 6.07) is 21.2. The molecule has 2 atom stereocenters. The summed E-state index contributed by atoms with van der Waals surface area (Å²) in [5.74, 6) is 4.51. The first-order valence-electron chi connectivity index (χ1n) is 11.1. The van der Waals surface area contributed by atoms with Crippen LogP contribution < -0.4 is 0 Å².